The molecule has 0 fully saturated rings. The molecule has 19 rings (SSSR count). The summed E-state index contributed by atoms with van der Waals surface area (Å²) in [5.41, 5.74) is 23.5. The van der Waals surface area contributed by atoms with Crippen molar-refractivity contribution in [2.45, 2.75) is 26.2 Å². The zero-order chi connectivity index (χ0) is 58.6. The lowest BCUT2D eigenvalue weighted by Crippen LogP contribution is -2.15. The number of fused-ring (bicyclic) bond motifs is 19. The molecular weight excluding hydrogens is 1070 g/mol. The predicted molar refractivity (Wildman–Crippen MR) is 373 cm³/mol. The van der Waals surface area contributed by atoms with Crippen LogP contribution in [0.25, 0.3) is 154 Å². The lowest BCUT2D eigenvalue weighted by atomic mass is 9.82. The van der Waals surface area contributed by atoms with Crippen molar-refractivity contribution in [3.8, 4) is 44.8 Å². The third-order valence-electron chi connectivity index (χ3n) is 18.7. The molecule has 0 aliphatic heterocycles. The van der Waals surface area contributed by atoms with Gasteiger partial charge in [-0.3, -0.25) is 4.98 Å². The van der Waals surface area contributed by atoms with Crippen LogP contribution >= 0.6 is 0 Å². The number of H-pyrrole nitrogens is 2. The smallest absolute Gasteiger partial charge is 0.0645 e. The molecule has 0 amide bonds. The highest BCUT2D eigenvalue weighted by atomic mass is 15.0. The quantitative estimate of drug-likeness (QED) is 0.181. The Labute approximate surface area is 509 Å². The highest BCUT2D eigenvalue weighted by Crippen LogP contribution is 2.51. The number of aromatic nitrogens is 5. The summed E-state index contributed by atoms with van der Waals surface area (Å²) in [6.07, 6.45) is 3.77. The van der Waals surface area contributed by atoms with Gasteiger partial charge in [0.05, 0.1) is 34.0 Å². The summed E-state index contributed by atoms with van der Waals surface area (Å²) in [5.74, 6) is 0. The lowest BCUT2D eigenvalue weighted by Gasteiger charge is -2.22. The fourth-order valence-electron chi connectivity index (χ4n) is 14.6. The van der Waals surface area contributed by atoms with Gasteiger partial charge in [-0.1, -0.05) is 226 Å². The van der Waals surface area contributed by atoms with E-state index in [-0.39, 0.29) is 5.41 Å². The van der Waals surface area contributed by atoms with Crippen LogP contribution in [0.1, 0.15) is 30.5 Å². The second kappa shape index (κ2) is 20.2. The van der Waals surface area contributed by atoms with Crippen molar-refractivity contribution in [1.82, 2.24) is 24.1 Å². The van der Waals surface area contributed by atoms with Crippen LogP contribution in [-0.2, 0) is 5.41 Å². The highest BCUT2D eigenvalue weighted by molar-refractivity contribution is 6.24. The summed E-state index contributed by atoms with van der Waals surface area (Å²) >= 11 is 0. The van der Waals surface area contributed by atoms with Crippen LogP contribution in [0.15, 0.2) is 291 Å². The highest BCUT2D eigenvalue weighted by Gasteiger charge is 2.35. The van der Waals surface area contributed by atoms with Crippen LogP contribution in [0.3, 0.4) is 0 Å². The number of aryl methyl sites for hydroxylation is 1. The summed E-state index contributed by atoms with van der Waals surface area (Å²) in [5, 5.41) is 15.1. The van der Waals surface area contributed by atoms with E-state index in [2.05, 4.69) is 300 Å². The van der Waals surface area contributed by atoms with Crippen LogP contribution in [0.5, 0.6) is 0 Å². The molecule has 5 nitrogen and oxygen atoms in total. The van der Waals surface area contributed by atoms with Gasteiger partial charge in [-0.05, 0) is 135 Å². The first kappa shape index (κ1) is 51.2. The number of benzene rings is 13. The van der Waals surface area contributed by atoms with Gasteiger partial charge < -0.3 is 19.1 Å². The number of para-hydroxylation sites is 4. The van der Waals surface area contributed by atoms with Gasteiger partial charge in [0.15, 0.2) is 0 Å². The molecule has 416 valence electrons. The molecule has 0 bridgehead atoms. The van der Waals surface area contributed by atoms with Gasteiger partial charge in [0.25, 0.3) is 0 Å². The monoisotopic (exact) mass is 1130 g/mol. The largest absolute Gasteiger partial charge is 0.354 e. The first-order valence-electron chi connectivity index (χ1n) is 30.4. The molecule has 0 unspecified atom stereocenters. The van der Waals surface area contributed by atoms with Crippen molar-refractivity contribution in [3.05, 3.63) is 308 Å². The third kappa shape index (κ3) is 8.04. The Morgan fingerprint density at radius 1 is 0.307 bits per heavy atom. The van der Waals surface area contributed by atoms with Crippen LogP contribution in [0.2, 0.25) is 0 Å². The predicted octanol–water partition coefficient (Wildman–Crippen LogP) is 22.2. The Kier molecular flexibility index (Phi) is 11.7. The van der Waals surface area contributed by atoms with Gasteiger partial charge in [0.2, 0.25) is 0 Å². The molecule has 13 aromatic carbocycles. The zero-order valence-electron chi connectivity index (χ0n) is 49.1. The number of nitrogens with one attached hydrogen (secondary N) is 2. The van der Waals surface area contributed by atoms with Crippen molar-refractivity contribution in [2.75, 3.05) is 0 Å². The zero-order valence-corrected chi connectivity index (χ0v) is 49.1. The molecule has 0 saturated carbocycles. The Morgan fingerprint density at radius 3 is 1.30 bits per heavy atom. The minimum absolute atomic E-state index is 0.0583. The SMILES string of the molecule is CC1(C)c2ccccc2-c2ccc(-n3c4ccccc4c4cc(-c5ccc6c(c5)[nH]c5ccccc56)c5ccccc5c43)cc21.Cc1ccccc1.c1cncc(-n2c3ccccc3c3cc(-c4ccc5c(c4)[nH]c4ccccc45)c4ccccc4c32)c1. The summed E-state index contributed by atoms with van der Waals surface area (Å²) in [7, 11) is 0. The van der Waals surface area contributed by atoms with E-state index < -0.39 is 0 Å². The Morgan fingerprint density at radius 2 is 0.761 bits per heavy atom. The Balaban J connectivity index is 0.000000125. The molecular formula is C83H59N5. The molecule has 0 atom stereocenters. The molecule has 0 saturated heterocycles. The second-order valence-corrected chi connectivity index (χ2v) is 24.1. The first-order valence-corrected chi connectivity index (χ1v) is 30.4. The summed E-state index contributed by atoms with van der Waals surface area (Å²) < 4.78 is 4.85. The number of aromatic amines is 2. The molecule has 88 heavy (non-hydrogen) atoms. The van der Waals surface area contributed by atoms with Crippen molar-refractivity contribution in [2.24, 2.45) is 0 Å². The number of hydrogen-bond acceptors (Lipinski definition) is 1. The maximum absolute atomic E-state index is 4.42. The average Bonchev–Trinajstić information content (AvgIpc) is 1.64. The number of nitrogens with zero attached hydrogens (tertiary/aromatic N) is 3. The summed E-state index contributed by atoms with van der Waals surface area (Å²) in [4.78, 5) is 11.7. The van der Waals surface area contributed by atoms with Crippen molar-refractivity contribution in [1.29, 1.82) is 0 Å². The van der Waals surface area contributed by atoms with E-state index in [1.54, 1.807) is 0 Å². The average molecular weight is 1130 g/mol. The van der Waals surface area contributed by atoms with E-state index in [0.717, 1.165) is 11.2 Å². The van der Waals surface area contributed by atoms with Gasteiger partial charge in [0, 0.05) is 93.2 Å². The van der Waals surface area contributed by atoms with Crippen LogP contribution in [-0.4, -0.2) is 24.1 Å². The van der Waals surface area contributed by atoms with E-state index in [9.17, 15) is 0 Å². The fourth-order valence-corrected chi connectivity index (χ4v) is 14.6. The topological polar surface area (TPSA) is 54.3 Å². The minimum Gasteiger partial charge on any atom is -0.354 e. The maximum Gasteiger partial charge on any atom is 0.0645 e. The molecule has 1 aliphatic rings. The van der Waals surface area contributed by atoms with Crippen LogP contribution in [0, 0.1) is 6.92 Å². The minimum atomic E-state index is -0.0583. The second-order valence-electron chi connectivity index (χ2n) is 24.1. The molecule has 5 heterocycles. The van der Waals surface area contributed by atoms with E-state index in [1.165, 1.54) is 159 Å². The molecule has 5 aromatic heterocycles. The number of rotatable bonds is 4. The number of hydrogen-bond donors (Lipinski definition) is 2. The van der Waals surface area contributed by atoms with Crippen LogP contribution < -0.4 is 0 Å². The summed E-state index contributed by atoms with van der Waals surface area (Å²) in [6.45, 7) is 6.80. The van der Waals surface area contributed by atoms with Gasteiger partial charge in [-0.15, -0.1) is 0 Å². The molecule has 18 aromatic rings. The molecule has 2 N–H and O–H groups in total. The molecule has 0 radical (unpaired) electrons. The van der Waals surface area contributed by atoms with Gasteiger partial charge in [-0.25, -0.2) is 0 Å². The molecule has 0 spiro atoms. The fraction of sp³-hybridized carbons (Fsp3) is 0.0482. The third-order valence-corrected chi connectivity index (χ3v) is 18.7. The Bertz CT molecular complexity index is 5800. The summed E-state index contributed by atoms with van der Waals surface area (Å²) in [6, 6.07) is 101. The van der Waals surface area contributed by atoms with Crippen molar-refractivity contribution in [3.63, 3.8) is 0 Å². The van der Waals surface area contributed by atoms with Crippen molar-refractivity contribution < 1.29 is 0 Å². The van der Waals surface area contributed by atoms with E-state index in [0.29, 0.717) is 0 Å². The first-order chi connectivity index (χ1) is 43.3. The van der Waals surface area contributed by atoms with Crippen molar-refractivity contribution >= 4 is 109 Å². The normalized spacial score (nSPS) is 12.6. The van der Waals surface area contributed by atoms with Gasteiger partial charge in [-0.2, -0.15) is 0 Å². The van der Waals surface area contributed by atoms with E-state index >= 15 is 0 Å². The van der Waals surface area contributed by atoms with Gasteiger partial charge >= 0.3 is 0 Å². The van der Waals surface area contributed by atoms with Crippen LogP contribution in [0.4, 0.5) is 0 Å². The number of pyridine rings is 1. The standard InChI is InChI=1S/C43H30N2.C33H21N3.C7H8/c1-43(2)37-16-8-5-12-29(37)30-22-20-27(24-38(30)43)45-41-18-10-7-14-33(41)36-25-35(28-11-3-4-15-34(28)42(36)45)26-19-21-32-31-13-6-9-17-39(31)44-40(32)23-26;1-2-12-27-23(9-1)28(21-15-16-25-24-10-3-5-13-30(24)35-31(25)18-21)19-29-26-11-4-6-14-32(26)36(33(27)29)22-8-7-17-34-20-22;1-7-5-3-2-4-6-7/h3-25,44H,1-2H3;1-20,35H;2-6H,1H3. The van der Waals surface area contributed by atoms with E-state index in [4.69, 9.17) is 0 Å². The Hall–Kier alpha value is -11.3. The maximum atomic E-state index is 4.42. The van der Waals surface area contributed by atoms with E-state index in [1.807, 2.05) is 36.7 Å². The lowest BCUT2D eigenvalue weighted by molar-refractivity contribution is 0.660. The molecule has 5 heteroatoms. The van der Waals surface area contributed by atoms with Gasteiger partial charge in [0.1, 0.15) is 0 Å². The molecule has 1 aliphatic carbocycles.